The summed E-state index contributed by atoms with van der Waals surface area (Å²) in [5, 5.41) is 1.13. The summed E-state index contributed by atoms with van der Waals surface area (Å²) < 4.78 is 1.07. The van der Waals surface area contributed by atoms with Crippen molar-refractivity contribution in [1.29, 1.82) is 0 Å². The predicted molar refractivity (Wildman–Crippen MR) is 59.8 cm³/mol. The number of halogens is 1. The van der Waals surface area contributed by atoms with Crippen molar-refractivity contribution in [2.24, 2.45) is 0 Å². The minimum absolute atomic E-state index is 0.925. The largest absolute Gasteiger partial charge is 0.345 e. The third-order valence-electron chi connectivity index (χ3n) is 1.40. The molecule has 3 heteroatoms. The molecule has 0 amide bonds. The molecule has 13 heavy (non-hydrogen) atoms. The van der Waals surface area contributed by atoms with Crippen LogP contribution < -0.4 is 0 Å². The zero-order valence-electron chi connectivity index (χ0n) is 7.84. The van der Waals surface area contributed by atoms with Crippen LogP contribution in [0.15, 0.2) is 29.0 Å². The summed E-state index contributed by atoms with van der Waals surface area (Å²) in [6.45, 7) is 4.25. The highest BCUT2D eigenvalue weighted by Crippen LogP contribution is 2.20. The van der Waals surface area contributed by atoms with Crippen molar-refractivity contribution >= 4 is 27.0 Å². The van der Waals surface area contributed by atoms with Crippen LogP contribution in [-0.2, 0) is 0 Å². The average Bonchev–Trinajstić information content (AvgIpc) is 2.50. The standard InChI is InChI=1S/C7H5BrN2.C3H8/c8-6-4-10-7-5(6)2-1-3-9-7;1-3-2/h1-4H,(H,9,10);3H2,1-2H3. The Labute approximate surface area is 86.5 Å². The Balaban J connectivity index is 0.000000251. The zero-order valence-corrected chi connectivity index (χ0v) is 9.43. The van der Waals surface area contributed by atoms with Gasteiger partial charge in [0.1, 0.15) is 5.65 Å². The quantitative estimate of drug-likeness (QED) is 0.747. The molecule has 0 saturated heterocycles. The maximum Gasteiger partial charge on any atom is 0.138 e. The first-order chi connectivity index (χ1) is 6.29. The van der Waals surface area contributed by atoms with Crippen LogP contribution >= 0.6 is 15.9 Å². The minimum atomic E-state index is 0.925. The molecule has 70 valence electrons. The number of hydrogen-bond donors (Lipinski definition) is 1. The summed E-state index contributed by atoms with van der Waals surface area (Å²) in [5.74, 6) is 0. The minimum Gasteiger partial charge on any atom is -0.345 e. The molecule has 0 aliphatic heterocycles. The lowest BCUT2D eigenvalue weighted by atomic mass is 10.3. The highest BCUT2D eigenvalue weighted by molar-refractivity contribution is 9.10. The fourth-order valence-electron chi connectivity index (χ4n) is 0.923. The second-order valence-corrected chi connectivity index (χ2v) is 3.60. The van der Waals surface area contributed by atoms with Gasteiger partial charge in [-0.3, -0.25) is 0 Å². The van der Waals surface area contributed by atoms with Gasteiger partial charge in [0.05, 0.1) is 0 Å². The first kappa shape index (κ1) is 10.3. The van der Waals surface area contributed by atoms with Crippen LogP contribution in [0.3, 0.4) is 0 Å². The van der Waals surface area contributed by atoms with Crippen LogP contribution in [0, 0.1) is 0 Å². The lowest BCUT2D eigenvalue weighted by molar-refractivity contribution is 1.09. The SMILES string of the molecule is Brc1c[nH]c2ncccc12.CCC. The van der Waals surface area contributed by atoms with Crippen molar-refractivity contribution < 1.29 is 0 Å². The van der Waals surface area contributed by atoms with Gasteiger partial charge in [-0.1, -0.05) is 20.3 Å². The van der Waals surface area contributed by atoms with Crippen molar-refractivity contribution in [3.8, 4) is 0 Å². The molecule has 0 bridgehead atoms. The van der Waals surface area contributed by atoms with Gasteiger partial charge in [0.2, 0.25) is 0 Å². The predicted octanol–water partition coefficient (Wildman–Crippen LogP) is 3.74. The number of H-pyrrole nitrogens is 1. The van der Waals surface area contributed by atoms with Gasteiger partial charge in [0, 0.05) is 22.3 Å². The third-order valence-corrected chi connectivity index (χ3v) is 2.06. The van der Waals surface area contributed by atoms with Gasteiger partial charge in [0.15, 0.2) is 0 Å². The van der Waals surface area contributed by atoms with E-state index in [0.717, 1.165) is 15.5 Å². The van der Waals surface area contributed by atoms with Crippen molar-refractivity contribution in [3.05, 3.63) is 29.0 Å². The van der Waals surface area contributed by atoms with Crippen molar-refractivity contribution in [3.63, 3.8) is 0 Å². The molecule has 0 unspecified atom stereocenters. The highest BCUT2D eigenvalue weighted by atomic mass is 79.9. The number of aromatic amines is 1. The van der Waals surface area contributed by atoms with Crippen LogP contribution in [0.4, 0.5) is 0 Å². The van der Waals surface area contributed by atoms with Crippen molar-refractivity contribution in [2.75, 3.05) is 0 Å². The van der Waals surface area contributed by atoms with Crippen LogP contribution in [0.1, 0.15) is 20.3 Å². The summed E-state index contributed by atoms with van der Waals surface area (Å²) >= 11 is 3.40. The van der Waals surface area contributed by atoms with E-state index in [1.54, 1.807) is 6.20 Å². The Bertz CT molecular complexity index is 368. The number of nitrogens with one attached hydrogen (secondary N) is 1. The molecule has 0 aromatic carbocycles. The highest BCUT2D eigenvalue weighted by Gasteiger charge is 1.97. The topological polar surface area (TPSA) is 28.7 Å². The number of hydrogen-bond acceptors (Lipinski definition) is 1. The Morgan fingerprint density at radius 3 is 2.77 bits per heavy atom. The second kappa shape index (κ2) is 5.02. The van der Waals surface area contributed by atoms with Crippen molar-refractivity contribution in [1.82, 2.24) is 9.97 Å². The molecular weight excluding hydrogens is 228 g/mol. The van der Waals surface area contributed by atoms with Gasteiger partial charge in [-0.25, -0.2) is 4.98 Å². The summed E-state index contributed by atoms with van der Waals surface area (Å²) in [6, 6.07) is 3.93. The van der Waals surface area contributed by atoms with Crippen LogP contribution in [-0.4, -0.2) is 9.97 Å². The molecule has 0 aliphatic carbocycles. The Kier molecular flexibility index (Phi) is 3.96. The van der Waals surface area contributed by atoms with E-state index in [-0.39, 0.29) is 0 Å². The Hall–Kier alpha value is -0.830. The number of aromatic nitrogens is 2. The second-order valence-electron chi connectivity index (χ2n) is 2.74. The first-order valence-electron chi connectivity index (χ1n) is 4.37. The van der Waals surface area contributed by atoms with Crippen LogP contribution in [0.25, 0.3) is 11.0 Å². The molecule has 1 N–H and O–H groups in total. The Morgan fingerprint density at radius 1 is 1.46 bits per heavy atom. The molecule has 0 aliphatic rings. The van der Waals surface area contributed by atoms with E-state index < -0.39 is 0 Å². The van der Waals surface area contributed by atoms with Gasteiger partial charge in [0.25, 0.3) is 0 Å². The number of pyridine rings is 1. The first-order valence-corrected chi connectivity index (χ1v) is 5.16. The summed E-state index contributed by atoms with van der Waals surface area (Å²) in [5.41, 5.74) is 0.925. The molecule has 2 heterocycles. The smallest absolute Gasteiger partial charge is 0.138 e. The molecule has 2 aromatic rings. The molecule has 0 spiro atoms. The molecule has 0 atom stereocenters. The molecule has 0 radical (unpaired) electrons. The molecule has 2 rings (SSSR count). The molecule has 0 saturated carbocycles. The monoisotopic (exact) mass is 240 g/mol. The van der Waals surface area contributed by atoms with E-state index in [1.165, 1.54) is 6.42 Å². The fourth-order valence-corrected chi connectivity index (χ4v) is 1.36. The molecule has 2 nitrogen and oxygen atoms in total. The van der Waals surface area contributed by atoms with Crippen LogP contribution in [0.2, 0.25) is 0 Å². The maximum atomic E-state index is 4.12. The lowest BCUT2D eigenvalue weighted by Gasteiger charge is -1.84. The maximum absolute atomic E-state index is 4.12. The van der Waals surface area contributed by atoms with Gasteiger partial charge >= 0.3 is 0 Å². The number of rotatable bonds is 0. The van der Waals surface area contributed by atoms with Gasteiger partial charge in [-0.05, 0) is 28.1 Å². The van der Waals surface area contributed by atoms with E-state index in [1.807, 2.05) is 18.3 Å². The number of nitrogens with zero attached hydrogens (tertiary/aromatic N) is 1. The van der Waals surface area contributed by atoms with E-state index in [2.05, 4.69) is 39.7 Å². The van der Waals surface area contributed by atoms with Crippen LogP contribution in [0.5, 0.6) is 0 Å². The Morgan fingerprint density at radius 2 is 2.15 bits per heavy atom. The van der Waals surface area contributed by atoms with Crippen molar-refractivity contribution in [2.45, 2.75) is 20.3 Å². The fraction of sp³-hybridized carbons (Fsp3) is 0.300. The lowest BCUT2D eigenvalue weighted by Crippen LogP contribution is -1.71. The summed E-state index contributed by atoms with van der Waals surface area (Å²) in [4.78, 5) is 7.15. The van der Waals surface area contributed by atoms with E-state index in [4.69, 9.17) is 0 Å². The van der Waals surface area contributed by atoms with Gasteiger partial charge < -0.3 is 4.98 Å². The van der Waals surface area contributed by atoms with Gasteiger partial charge in [-0.15, -0.1) is 0 Å². The van der Waals surface area contributed by atoms with E-state index in [9.17, 15) is 0 Å². The molecule has 0 fully saturated rings. The van der Waals surface area contributed by atoms with E-state index in [0.29, 0.717) is 0 Å². The average molecular weight is 241 g/mol. The molecule has 2 aromatic heterocycles. The van der Waals surface area contributed by atoms with E-state index >= 15 is 0 Å². The number of fused-ring (bicyclic) bond motifs is 1. The van der Waals surface area contributed by atoms with Gasteiger partial charge in [-0.2, -0.15) is 0 Å². The zero-order chi connectivity index (χ0) is 9.68. The molecular formula is C10H13BrN2. The third kappa shape index (κ3) is 2.56. The summed E-state index contributed by atoms with van der Waals surface area (Å²) in [6.07, 6.45) is 4.91. The normalized spacial score (nSPS) is 9.46. The summed E-state index contributed by atoms with van der Waals surface area (Å²) in [7, 11) is 0.